The minimum Gasteiger partial charge on any atom is -0.486 e. The SMILES string of the molecule is CNC1CCN(C(=O)c2ccc3c(c2)OCCO3)CC1C. The van der Waals surface area contributed by atoms with Crippen molar-refractivity contribution in [3.8, 4) is 11.5 Å². The molecule has 0 saturated carbocycles. The first-order valence-electron chi connectivity index (χ1n) is 7.55. The number of nitrogens with zero attached hydrogens (tertiary/aromatic N) is 1. The van der Waals surface area contributed by atoms with E-state index in [0.717, 1.165) is 25.3 Å². The van der Waals surface area contributed by atoms with Crippen LogP contribution in [0.5, 0.6) is 11.5 Å². The Balaban J connectivity index is 1.73. The van der Waals surface area contributed by atoms with Crippen LogP contribution in [0.15, 0.2) is 18.2 Å². The second-order valence-corrected chi connectivity index (χ2v) is 5.77. The third-order valence-electron chi connectivity index (χ3n) is 4.35. The van der Waals surface area contributed by atoms with Crippen LogP contribution in [0.3, 0.4) is 0 Å². The van der Waals surface area contributed by atoms with Gasteiger partial charge in [-0.25, -0.2) is 0 Å². The summed E-state index contributed by atoms with van der Waals surface area (Å²) >= 11 is 0. The van der Waals surface area contributed by atoms with Crippen LogP contribution in [0.1, 0.15) is 23.7 Å². The number of carbonyl (C=O) groups is 1. The smallest absolute Gasteiger partial charge is 0.254 e. The van der Waals surface area contributed by atoms with Crippen molar-refractivity contribution < 1.29 is 14.3 Å². The molecule has 1 aromatic rings. The van der Waals surface area contributed by atoms with E-state index in [2.05, 4.69) is 12.2 Å². The first-order valence-corrected chi connectivity index (χ1v) is 7.55. The van der Waals surface area contributed by atoms with Crippen molar-refractivity contribution in [1.29, 1.82) is 0 Å². The number of hydrogen-bond donors (Lipinski definition) is 1. The number of benzene rings is 1. The first kappa shape index (κ1) is 14.2. The summed E-state index contributed by atoms with van der Waals surface area (Å²) in [7, 11) is 1.99. The zero-order valence-corrected chi connectivity index (χ0v) is 12.6. The lowest BCUT2D eigenvalue weighted by Crippen LogP contribution is -2.49. The van der Waals surface area contributed by atoms with Crippen molar-refractivity contribution in [3.05, 3.63) is 23.8 Å². The van der Waals surface area contributed by atoms with Crippen LogP contribution >= 0.6 is 0 Å². The summed E-state index contributed by atoms with van der Waals surface area (Å²) in [5, 5.41) is 3.32. The Morgan fingerprint density at radius 1 is 1.29 bits per heavy atom. The molecule has 3 rings (SSSR count). The number of nitrogens with one attached hydrogen (secondary N) is 1. The van der Waals surface area contributed by atoms with Gasteiger partial charge in [0, 0.05) is 24.7 Å². The summed E-state index contributed by atoms with van der Waals surface area (Å²) in [5.74, 6) is 1.93. The van der Waals surface area contributed by atoms with Crippen molar-refractivity contribution >= 4 is 5.91 Å². The number of ether oxygens (including phenoxy) is 2. The van der Waals surface area contributed by atoms with Crippen molar-refractivity contribution in [2.24, 2.45) is 5.92 Å². The molecule has 0 bridgehead atoms. The van der Waals surface area contributed by atoms with Crippen LogP contribution in [-0.2, 0) is 0 Å². The molecule has 0 radical (unpaired) electrons. The van der Waals surface area contributed by atoms with Crippen LogP contribution in [0, 0.1) is 5.92 Å². The summed E-state index contributed by atoms with van der Waals surface area (Å²) in [5.41, 5.74) is 0.675. The van der Waals surface area contributed by atoms with E-state index in [4.69, 9.17) is 9.47 Å². The summed E-state index contributed by atoms with van der Waals surface area (Å²) in [6, 6.07) is 5.94. The average Bonchev–Trinajstić information content (AvgIpc) is 2.53. The Hall–Kier alpha value is -1.75. The van der Waals surface area contributed by atoms with E-state index in [9.17, 15) is 4.79 Å². The van der Waals surface area contributed by atoms with Gasteiger partial charge in [0.25, 0.3) is 5.91 Å². The van der Waals surface area contributed by atoms with Crippen LogP contribution in [0.4, 0.5) is 0 Å². The molecule has 21 heavy (non-hydrogen) atoms. The van der Waals surface area contributed by atoms with Gasteiger partial charge < -0.3 is 19.7 Å². The summed E-state index contributed by atoms with van der Waals surface area (Å²) in [6.45, 7) is 4.87. The van der Waals surface area contributed by atoms with Gasteiger partial charge in [-0.2, -0.15) is 0 Å². The number of carbonyl (C=O) groups excluding carboxylic acids is 1. The van der Waals surface area contributed by atoms with Crippen LogP contribution in [0.2, 0.25) is 0 Å². The van der Waals surface area contributed by atoms with Crippen molar-refractivity contribution in [2.75, 3.05) is 33.4 Å². The van der Waals surface area contributed by atoms with Gasteiger partial charge in [-0.05, 0) is 37.6 Å². The fourth-order valence-electron chi connectivity index (χ4n) is 3.12. The quantitative estimate of drug-likeness (QED) is 0.897. The Bertz CT molecular complexity index is 532. The molecule has 1 saturated heterocycles. The van der Waals surface area contributed by atoms with Crippen LogP contribution in [-0.4, -0.2) is 50.2 Å². The van der Waals surface area contributed by atoms with E-state index >= 15 is 0 Å². The van der Waals surface area contributed by atoms with Gasteiger partial charge in [0.1, 0.15) is 13.2 Å². The van der Waals surface area contributed by atoms with Crippen molar-refractivity contribution in [3.63, 3.8) is 0 Å². The topological polar surface area (TPSA) is 50.8 Å². The number of piperidine rings is 1. The fraction of sp³-hybridized carbons (Fsp3) is 0.562. The van der Waals surface area contributed by atoms with Crippen LogP contribution < -0.4 is 14.8 Å². The van der Waals surface area contributed by atoms with E-state index in [0.29, 0.717) is 36.5 Å². The lowest BCUT2D eigenvalue weighted by atomic mass is 9.93. The molecular weight excluding hydrogens is 268 g/mol. The molecule has 1 N–H and O–H groups in total. The second-order valence-electron chi connectivity index (χ2n) is 5.77. The zero-order chi connectivity index (χ0) is 14.8. The summed E-state index contributed by atoms with van der Waals surface area (Å²) < 4.78 is 11.0. The second kappa shape index (κ2) is 5.93. The highest BCUT2D eigenvalue weighted by Gasteiger charge is 2.28. The molecule has 1 aromatic carbocycles. The molecular formula is C16H22N2O3. The molecule has 5 heteroatoms. The van der Waals surface area contributed by atoms with Gasteiger partial charge in [-0.3, -0.25) is 4.79 Å². The maximum Gasteiger partial charge on any atom is 0.254 e. The summed E-state index contributed by atoms with van der Waals surface area (Å²) in [4.78, 5) is 14.6. The number of fused-ring (bicyclic) bond motifs is 1. The highest BCUT2D eigenvalue weighted by molar-refractivity contribution is 5.95. The molecule has 2 heterocycles. The Morgan fingerprint density at radius 2 is 2.05 bits per heavy atom. The third-order valence-corrected chi connectivity index (χ3v) is 4.35. The zero-order valence-electron chi connectivity index (χ0n) is 12.6. The molecule has 2 unspecified atom stereocenters. The minimum atomic E-state index is 0.0772. The standard InChI is InChI=1S/C16H22N2O3/c1-11-10-18(6-5-13(11)17-2)16(19)12-3-4-14-15(9-12)21-8-7-20-14/h3-4,9,11,13,17H,5-8,10H2,1-2H3. The van der Waals surface area contributed by atoms with E-state index < -0.39 is 0 Å². The fourth-order valence-corrected chi connectivity index (χ4v) is 3.12. The molecule has 2 aliphatic rings. The molecule has 2 aliphatic heterocycles. The van der Waals surface area contributed by atoms with Gasteiger partial charge in [0.05, 0.1) is 0 Å². The van der Waals surface area contributed by atoms with Gasteiger partial charge in [0.2, 0.25) is 0 Å². The molecule has 1 amide bonds. The normalized spacial score (nSPS) is 24.8. The molecule has 0 spiro atoms. The predicted octanol–water partition coefficient (Wildman–Crippen LogP) is 1.53. The Labute approximate surface area is 125 Å². The predicted molar refractivity (Wildman–Crippen MR) is 80.0 cm³/mol. The van der Waals surface area contributed by atoms with Gasteiger partial charge in [0.15, 0.2) is 11.5 Å². The molecule has 2 atom stereocenters. The number of amides is 1. The van der Waals surface area contributed by atoms with Gasteiger partial charge in [-0.1, -0.05) is 6.92 Å². The lowest BCUT2D eigenvalue weighted by molar-refractivity contribution is 0.0648. The molecule has 0 aromatic heterocycles. The largest absolute Gasteiger partial charge is 0.486 e. The first-order chi connectivity index (χ1) is 10.2. The van der Waals surface area contributed by atoms with E-state index in [1.165, 1.54) is 0 Å². The van der Waals surface area contributed by atoms with E-state index in [1.807, 2.05) is 24.1 Å². The monoisotopic (exact) mass is 290 g/mol. The van der Waals surface area contributed by atoms with Gasteiger partial charge >= 0.3 is 0 Å². The summed E-state index contributed by atoms with van der Waals surface area (Å²) in [6.07, 6.45) is 0.994. The maximum atomic E-state index is 12.6. The Morgan fingerprint density at radius 3 is 2.76 bits per heavy atom. The maximum absolute atomic E-state index is 12.6. The molecule has 5 nitrogen and oxygen atoms in total. The van der Waals surface area contributed by atoms with Crippen molar-refractivity contribution in [1.82, 2.24) is 10.2 Å². The number of hydrogen-bond acceptors (Lipinski definition) is 4. The average molecular weight is 290 g/mol. The van der Waals surface area contributed by atoms with Crippen LogP contribution in [0.25, 0.3) is 0 Å². The highest BCUT2D eigenvalue weighted by Crippen LogP contribution is 2.31. The molecule has 1 fully saturated rings. The van der Waals surface area contributed by atoms with Crippen molar-refractivity contribution in [2.45, 2.75) is 19.4 Å². The Kier molecular flexibility index (Phi) is 4.01. The minimum absolute atomic E-state index is 0.0772. The lowest BCUT2D eigenvalue weighted by Gasteiger charge is -2.37. The van der Waals surface area contributed by atoms with E-state index in [-0.39, 0.29) is 5.91 Å². The molecule has 114 valence electrons. The third kappa shape index (κ3) is 2.83. The van der Waals surface area contributed by atoms with E-state index in [1.54, 1.807) is 6.07 Å². The number of rotatable bonds is 2. The molecule has 0 aliphatic carbocycles. The number of likely N-dealkylation sites (tertiary alicyclic amines) is 1. The highest BCUT2D eigenvalue weighted by atomic mass is 16.6. The van der Waals surface area contributed by atoms with Gasteiger partial charge in [-0.15, -0.1) is 0 Å².